The standard InChI is InChI=1S/C25H44N2O5S2/c1-20(2)8-7-13-29-14-15-30-16-17-31-23(33-34-25(3,4)5)19-32-22-10-6-9-21(18-22)24(28)27-12-11-26/h6,9-10,18,20,23H,7-8,11-17,19,26H2,1-5H3,(H,27,28). The van der Waals surface area contributed by atoms with Crippen LogP contribution in [0.4, 0.5) is 0 Å². The molecule has 3 N–H and O–H groups in total. The Labute approximate surface area is 214 Å². The van der Waals surface area contributed by atoms with Crippen LogP contribution in [0.15, 0.2) is 24.3 Å². The average Bonchev–Trinajstić information content (AvgIpc) is 2.79. The van der Waals surface area contributed by atoms with Crippen LogP contribution in [0.1, 0.15) is 57.8 Å². The molecule has 34 heavy (non-hydrogen) atoms. The van der Waals surface area contributed by atoms with Gasteiger partial charge in [0, 0.05) is 30.0 Å². The molecule has 1 aromatic carbocycles. The van der Waals surface area contributed by atoms with E-state index in [1.165, 1.54) is 6.42 Å². The second-order valence-corrected chi connectivity index (χ2v) is 12.4. The molecule has 0 spiro atoms. The van der Waals surface area contributed by atoms with E-state index < -0.39 is 0 Å². The van der Waals surface area contributed by atoms with E-state index in [-0.39, 0.29) is 16.1 Å². The highest BCUT2D eigenvalue weighted by Gasteiger charge is 2.18. The van der Waals surface area contributed by atoms with E-state index in [0.717, 1.165) is 13.0 Å². The van der Waals surface area contributed by atoms with Crippen LogP contribution in [0.2, 0.25) is 0 Å². The number of amides is 1. The average molecular weight is 517 g/mol. The molecule has 9 heteroatoms. The molecular formula is C25H44N2O5S2. The molecule has 7 nitrogen and oxygen atoms in total. The Hall–Kier alpha value is -0.970. The van der Waals surface area contributed by atoms with Gasteiger partial charge in [0.25, 0.3) is 5.91 Å². The fourth-order valence-electron chi connectivity index (χ4n) is 2.63. The first kappa shape index (κ1) is 31.1. The summed E-state index contributed by atoms with van der Waals surface area (Å²) >= 11 is 0. The van der Waals surface area contributed by atoms with E-state index in [1.807, 2.05) is 6.07 Å². The van der Waals surface area contributed by atoms with Gasteiger partial charge in [0.15, 0.2) is 0 Å². The summed E-state index contributed by atoms with van der Waals surface area (Å²) in [5, 5.41) is 2.77. The zero-order valence-corrected chi connectivity index (χ0v) is 23.1. The molecule has 0 aromatic heterocycles. The molecule has 0 saturated carbocycles. The first-order valence-corrected chi connectivity index (χ1v) is 14.2. The van der Waals surface area contributed by atoms with E-state index in [9.17, 15) is 4.79 Å². The van der Waals surface area contributed by atoms with Crippen LogP contribution in [-0.2, 0) is 14.2 Å². The van der Waals surface area contributed by atoms with E-state index in [1.54, 1.807) is 39.8 Å². The molecule has 0 aliphatic carbocycles. The van der Waals surface area contributed by atoms with Gasteiger partial charge in [-0.05, 0) is 37.0 Å². The summed E-state index contributed by atoms with van der Waals surface area (Å²) in [6.07, 6.45) is 2.28. The molecule has 0 radical (unpaired) electrons. The first-order chi connectivity index (χ1) is 16.2. The smallest absolute Gasteiger partial charge is 0.251 e. The van der Waals surface area contributed by atoms with Crippen molar-refractivity contribution < 1.29 is 23.7 Å². The molecule has 1 rings (SSSR count). The number of ether oxygens (including phenoxy) is 4. The van der Waals surface area contributed by atoms with Crippen LogP contribution < -0.4 is 15.8 Å². The Morgan fingerprint density at radius 2 is 1.79 bits per heavy atom. The minimum Gasteiger partial charge on any atom is -0.490 e. The van der Waals surface area contributed by atoms with Gasteiger partial charge in [-0.2, -0.15) is 0 Å². The second-order valence-electron chi connectivity index (χ2n) is 9.24. The summed E-state index contributed by atoms with van der Waals surface area (Å²) in [6, 6.07) is 7.12. The van der Waals surface area contributed by atoms with Gasteiger partial charge in [0.05, 0.1) is 26.4 Å². The summed E-state index contributed by atoms with van der Waals surface area (Å²) in [5.74, 6) is 1.18. The fraction of sp³-hybridized carbons (Fsp3) is 0.720. The highest BCUT2D eigenvalue weighted by atomic mass is 33.1. The van der Waals surface area contributed by atoms with Crippen molar-refractivity contribution in [3.05, 3.63) is 29.8 Å². The third kappa shape index (κ3) is 16.6. The maximum absolute atomic E-state index is 12.2. The lowest BCUT2D eigenvalue weighted by Gasteiger charge is -2.22. The van der Waals surface area contributed by atoms with Crippen LogP contribution in [-0.4, -0.2) is 68.8 Å². The number of carbonyl (C=O) groups excluding carboxylic acids is 1. The normalized spacial score (nSPS) is 12.7. The lowest BCUT2D eigenvalue weighted by Crippen LogP contribution is -2.29. The molecule has 1 amide bonds. The largest absolute Gasteiger partial charge is 0.490 e. The Kier molecular flexibility index (Phi) is 16.7. The van der Waals surface area contributed by atoms with Gasteiger partial charge in [-0.15, -0.1) is 0 Å². The van der Waals surface area contributed by atoms with Crippen molar-refractivity contribution in [1.82, 2.24) is 5.32 Å². The van der Waals surface area contributed by atoms with Crippen molar-refractivity contribution in [3.63, 3.8) is 0 Å². The van der Waals surface area contributed by atoms with Crippen molar-refractivity contribution in [3.8, 4) is 5.75 Å². The number of nitrogens with two attached hydrogens (primary N) is 1. The van der Waals surface area contributed by atoms with E-state index in [2.05, 4.69) is 39.9 Å². The number of hydrogen-bond acceptors (Lipinski definition) is 8. The molecule has 1 atom stereocenters. The third-order valence-corrected chi connectivity index (χ3v) is 7.81. The zero-order chi connectivity index (χ0) is 25.2. The zero-order valence-electron chi connectivity index (χ0n) is 21.5. The lowest BCUT2D eigenvalue weighted by molar-refractivity contribution is 0.00107. The molecule has 0 aliphatic heterocycles. The van der Waals surface area contributed by atoms with Gasteiger partial charge >= 0.3 is 0 Å². The monoisotopic (exact) mass is 516 g/mol. The molecule has 0 saturated heterocycles. The molecule has 1 aromatic rings. The fourth-order valence-corrected chi connectivity index (χ4v) is 4.83. The summed E-state index contributed by atoms with van der Waals surface area (Å²) in [7, 11) is 3.40. The van der Waals surface area contributed by atoms with Gasteiger partial charge < -0.3 is 30.0 Å². The number of hydrogen-bond donors (Lipinski definition) is 2. The molecule has 0 heterocycles. The maximum atomic E-state index is 12.2. The molecular weight excluding hydrogens is 472 g/mol. The molecule has 1 unspecified atom stereocenters. The van der Waals surface area contributed by atoms with Crippen LogP contribution in [0.25, 0.3) is 0 Å². The Bertz CT molecular complexity index is 671. The summed E-state index contributed by atoms with van der Waals surface area (Å²) < 4.78 is 23.3. The van der Waals surface area contributed by atoms with Gasteiger partial charge in [0.2, 0.25) is 0 Å². The summed E-state index contributed by atoms with van der Waals surface area (Å²) in [5.41, 5.74) is 5.82. The van der Waals surface area contributed by atoms with Gasteiger partial charge in [-0.3, -0.25) is 4.79 Å². The van der Waals surface area contributed by atoms with Crippen molar-refractivity contribution >= 4 is 27.5 Å². The minimum absolute atomic E-state index is 0.0939. The third-order valence-electron chi connectivity index (χ3n) is 4.29. The predicted octanol–water partition coefficient (Wildman–Crippen LogP) is 4.75. The van der Waals surface area contributed by atoms with Gasteiger partial charge in [-0.25, -0.2) is 0 Å². The predicted molar refractivity (Wildman–Crippen MR) is 144 cm³/mol. The Morgan fingerprint density at radius 1 is 1.09 bits per heavy atom. The van der Waals surface area contributed by atoms with E-state index in [0.29, 0.717) is 63.4 Å². The summed E-state index contributed by atoms with van der Waals surface area (Å²) in [6.45, 7) is 15.1. The Balaban J connectivity index is 2.39. The molecule has 0 fully saturated rings. The summed E-state index contributed by atoms with van der Waals surface area (Å²) in [4.78, 5) is 12.2. The van der Waals surface area contributed by atoms with Crippen molar-refractivity contribution in [2.45, 2.75) is 57.6 Å². The topological polar surface area (TPSA) is 92.0 Å². The van der Waals surface area contributed by atoms with Gasteiger partial charge in [-0.1, -0.05) is 62.3 Å². The first-order valence-electron chi connectivity index (χ1n) is 12.0. The maximum Gasteiger partial charge on any atom is 0.251 e. The second kappa shape index (κ2) is 18.3. The molecule has 0 bridgehead atoms. The van der Waals surface area contributed by atoms with E-state index in [4.69, 9.17) is 24.7 Å². The van der Waals surface area contributed by atoms with E-state index >= 15 is 0 Å². The number of nitrogens with one attached hydrogen (secondary N) is 1. The number of rotatable bonds is 19. The highest BCUT2D eigenvalue weighted by molar-refractivity contribution is 8.77. The van der Waals surface area contributed by atoms with Crippen molar-refractivity contribution in [1.29, 1.82) is 0 Å². The number of carbonyl (C=O) groups is 1. The minimum atomic E-state index is -0.171. The van der Waals surface area contributed by atoms with Crippen LogP contribution in [0.3, 0.4) is 0 Å². The quantitative estimate of drug-likeness (QED) is 0.155. The lowest BCUT2D eigenvalue weighted by atomic mass is 10.1. The van der Waals surface area contributed by atoms with Crippen LogP contribution >= 0.6 is 21.6 Å². The highest BCUT2D eigenvalue weighted by Crippen LogP contribution is 2.38. The Morgan fingerprint density at radius 3 is 2.47 bits per heavy atom. The van der Waals surface area contributed by atoms with Crippen molar-refractivity contribution in [2.24, 2.45) is 11.7 Å². The van der Waals surface area contributed by atoms with Gasteiger partial charge in [0.1, 0.15) is 17.8 Å². The number of benzene rings is 1. The molecule has 196 valence electrons. The van der Waals surface area contributed by atoms with Crippen LogP contribution in [0.5, 0.6) is 5.75 Å². The SMILES string of the molecule is CC(C)CCCOCCOCCOC(COc1cccc(C(=O)NCCN)c1)SSC(C)(C)C. The molecule has 0 aliphatic rings. The van der Waals surface area contributed by atoms with Crippen molar-refractivity contribution in [2.75, 3.05) is 52.7 Å². The van der Waals surface area contributed by atoms with Crippen LogP contribution in [0, 0.1) is 5.92 Å².